The van der Waals surface area contributed by atoms with Crippen molar-refractivity contribution in [1.82, 2.24) is 0 Å². The molecular weight excluding hydrogens is 662 g/mol. The molecule has 52 heavy (non-hydrogen) atoms. The Kier molecular flexibility index (Phi) is 11.7. The fraction of sp³-hybridized carbons (Fsp3) is 0.238. The van der Waals surface area contributed by atoms with E-state index < -0.39 is 17.9 Å². The summed E-state index contributed by atoms with van der Waals surface area (Å²) < 4.78 is 16.0. The lowest BCUT2D eigenvalue weighted by Crippen LogP contribution is -2.34. The molecule has 0 fully saturated rings. The van der Waals surface area contributed by atoms with E-state index in [0.717, 1.165) is 44.9 Å². The Labute approximate surface area is 303 Å². The summed E-state index contributed by atoms with van der Waals surface area (Å²) in [5, 5.41) is 59.9. The van der Waals surface area contributed by atoms with Crippen LogP contribution in [-0.2, 0) is 0 Å². The standard InChI is InChI=1S/C42H45NO9/c1-5-40(44,45)50-36-22-12-31(13-23-36)39(32-14-24-37(25-15-32)51-41(46,47)6-2)28-30-10-18-34(19-11-30)43(33-16-8-29(4)9-17-33)35-20-26-38(27-21-35)52-42(48,49)7-3/h8-28,44-49H,5-7H2,1-4H3. The minimum atomic E-state index is -2.28. The second kappa shape index (κ2) is 16.0. The van der Waals surface area contributed by atoms with Gasteiger partial charge in [0.25, 0.3) is 0 Å². The molecule has 5 aromatic rings. The van der Waals surface area contributed by atoms with E-state index >= 15 is 0 Å². The van der Waals surface area contributed by atoms with Crippen molar-refractivity contribution >= 4 is 28.7 Å². The maximum absolute atomic E-state index is 9.98. The van der Waals surface area contributed by atoms with Gasteiger partial charge in [-0.2, -0.15) is 0 Å². The zero-order valence-electron chi connectivity index (χ0n) is 29.6. The molecule has 6 N–H and O–H groups in total. The number of hydrogen-bond acceptors (Lipinski definition) is 10. The highest BCUT2D eigenvalue weighted by Crippen LogP contribution is 2.37. The molecule has 0 aliphatic carbocycles. The molecule has 10 nitrogen and oxygen atoms in total. The van der Waals surface area contributed by atoms with E-state index in [0.29, 0.717) is 5.75 Å². The van der Waals surface area contributed by atoms with Gasteiger partial charge in [-0.15, -0.1) is 0 Å². The van der Waals surface area contributed by atoms with Crippen molar-refractivity contribution in [1.29, 1.82) is 0 Å². The molecule has 0 saturated carbocycles. The summed E-state index contributed by atoms with van der Waals surface area (Å²) in [6, 6.07) is 37.1. The normalized spacial score (nSPS) is 11.9. The Morgan fingerprint density at radius 1 is 0.481 bits per heavy atom. The molecule has 272 valence electrons. The highest BCUT2D eigenvalue weighted by atomic mass is 16.8. The number of aryl methyl sites for hydroxylation is 1. The van der Waals surface area contributed by atoms with Crippen LogP contribution in [0.25, 0.3) is 11.6 Å². The third-order valence-corrected chi connectivity index (χ3v) is 8.41. The molecule has 10 heteroatoms. The van der Waals surface area contributed by atoms with E-state index in [9.17, 15) is 30.6 Å². The average molecular weight is 708 g/mol. The summed E-state index contributed by atoms with van der Waals surface area (Å²) in [7, 11) is 0. The number of rotatable bonds is 15. The highest BCUT2D eigenvalue weighted by Gasteiger charge is 2.25. The van der Waals surface area contributed by atoms with Crippen LogP contribution in [0.15, 0.2) is 121 Å². The van der Waals surface area contributed by atoms with Crippen LogP contribution in [0.3, 0.4) is 0 Å². The van der Waals surface area contributed by atoms with Gasteiger partial charge in [-0.1, -0.05) is 74.9 Å². The van der Waals surface area contributed by atoms with Crippen LogP contribution < -0.4 is 19.1 Å². The Hall–Kier alpha value is -5.20. The van der Waals surface area contributed by atoms with Gasteiger partial charge < -0.3 is 49.7 Å². The van der Waals surface area contributed by atoms with Gasteiger partial charge in [-0.25, -0.2) is 0 Å². The molecule has 0 aliphatic rings. The molecule has 0 aromatic heterocycles. The molecule has 0 radical (unpaired) electrons. The third-order valence-electron chi connectivity index (χ3n) is 8.41. The number of ether oxygens (including phenoxy) is 3. The lowest BCUT2D eigenvalue weighted by Gasteiger charge is -2.26. The Bertz CT molecular complexity index is 1850. The number of aliphatic hydroxyl groups is 6. The summed E-state index contributed by atoms with van der Waals surface area (Å²) in [5.41, 5.74) is 7.11. The summed E-state index contributed by atoms with van der Waals surface area (Å²) in [5.74, 6) is -5.93. The first kappa shape index (κ1) is 38.0. The molecule has 5 rings (SSSR count). The highest BCUT2D eigenvalue weighted by molar-refractivity contribution is 5.92. The summed E-state index contributed by atoms with van der Waals surface area (Å²) >= 11 is 0. The van der Waals surface area contributed by atoms with Crippen LogP contribution in [0.2, 0.25) is 0 Å². The van der Waals surface area contributed by atoms with Crippen molar-refractivity contribution in [3.05, 3.63) is 144 Å². The van der Waals surface area contributed by atoms with Crippen LogP contribution in [0, 0.1) is 6.92 Å². The van der Waals surface area contributed by atoms with Crippen molar-refractivity contribution in [2.45, 2.75) is 64.9 Å². The first-order chi connectivity index (χ1) is 24.7. The van der Waals surface area contributed by atoms with Gasteiger partial charge in [-0.05, 0) is 108 Å². The predicted molar refractivity (Wildman–Crippen MR) is 200 cm³/mol. The van der Waals surface area contributed by atoms with Crippen molar-refractivity contribution < 1.29 is 44.8 Å². The van der Waals surface area contributed by atoms with Gasteiger partial charge in [0.2, 0.25) is 0 Å². The average Bonchev–Trinajstić information content (AvgIpc) is 3.13. The smallest absolute Gasteiger partial charge is 0.321 e. The zero-order chi connectivity index (χ0) is 37.5. The quantitative estimate of drug-likeness (QED) is 0.0482. The molecule has 5 aromatic carbocycles. The lowest BCUT2D eigenvalue weighted by molar-refractivity contribution is -0.293. The summed E-state index contributed by atoms with van der Waals surface area (Å²) in [6.45, 7) is 6.84. The molecule has 0 aliphatic heterocycles. The predicted octanol–water partition coefficient (Wildman–Crippen LogP) is 7.34. The molecule has 0 heterocycles. The van der Waals surface area contributed by atoms with Crippen molar-refractivity contribution in [2.75, 3.05) is 4.90 Å². The van der Waals surface area contributed by atoms with E-state index in [4.69, 9.17) is 14.2 Å². The van der Waals surface area contributed by atoms with Gasteiger partial charge >= 0.3 is 17.9 Å². The Balaban J connectivity index is 1.51. The van der Waals surface area contributed by atoms with Crippen LogP contribution in [-0.4, -0.2) is 48.6 Å². The van der Waals surface area contributed by atoms with Crippen LogP contribution in [0.1, 0.15) is 62.3 Å². The monoisotopic (exact) mass is 707 g/mol. The van der Waals surface area contributed by atoms with Gasteiger partial charge in [0.15, 0.2) is 0 Å². The fourth-order valence-corrected chi connectivity index (χ4v) is 5.21. The van der Waals surface area contributed by atoms with Gasteiger partial charge in [0, 0.05) is 36.3 Å². The van der Waals surface area contributed by atoms with Gasteiger partial charge in [-0.3, -0.25) is 0 Å². The van der Waals surface area contributed by atoms with E-state index in [1.165, 1.54) is 0 Å². The minimum absolute atomic E-state index is 0.00619. The van der Waals surface area contributed by atoms with E-state index in [-0.39, 0.29) is 30.8 Å². The molecular formula is C42H45NO9. The maximum atomic E-state index is 9.98. The third kappa shape index (κ3) is 9.98. The summed E-state index contributed by atoms with van der Waals surface area (Å²) in [6.07, 6.45) is 2.00. The van der Waals surface area contributed by atoms with Crippen molar-refractivity contribution in [3.63, 3.8) is 0 Å². The molecule has 0 spiro atoms. The number of nitrogens with zero attached hydrogens (tertiary/aromatic N) is 1. The fourth-order valence-electron chi connectivity index (χ4n) is 5.21. The SMILES string of the molecule is CCC(O)(O)Oc1ccc(C(=Cc2ccc(N(c3ccc(C)cc3)c3ccc(OC(O)(O)CC)cc3)cc2)c2ccc(OC(O)(O)CC)cc2)cc1. The van der Waals surface area contributed by atoms with Crippen LogP contribution >= 0.6 is 0 Å². The second-order valence-electron chi connectivity index (χ2n) is 12.5. The van der Waals surface area contributed by atoms with Gasteiger partial charge in [0.05, 0.1) is 0 Å². The molecule has 0 bridgehead atoms. The largest absolute Gasteiger partial charge is 0.439 e. The summed E-state index contributed by atoms with van der Waals surface area (Å²) in [4.78, 5) is 2.08. The Morgan fingerprint density at radius 2 is 0.788 bits per heavy atom. The van der Waals surface area contributed by atoms with E-state index in [1.807, 2.05) is 97.9 Å². The van der Waals surface area contributed by atoms with Gasteiger partial charge in [0.1, 0.15) is 17.2 Å². The maximum Gasteiger partial charge on any atom is 0.321 e. The van der Waals surface area contributed by atoms with E-state index in [2.05, 4.69) is 4.90 Å². The number of benzene rings is 5. The van der Waals surface area contributed by atoms with Crippen LogP contribution in [0.5, 0.6) is 17.2 Å². The van der Waals surface area contributed by atoms with E-state index in [1.54, 1.807) is 57.2 Å². The minimum Gasteiger partial charge on any atom is -0.439 e. The topological polar surface area (TPSA) is 152 Å². The molecule has 0 saturated heterocycles. The molecule has 0 unspecified atom stereocenters. The zero-order valence-corrected chi connectivity index (χ0v) is 29.6. The van der Waals surface area contributed by atoms with Crippen LogP contribution in [0.4, 0.5) is 17.1 Å². The first-order valence-electron chi connectivity index (χ1n) is 17.1. The lowest BCUT2D eigenvalue weighted by atomic mass is 9.95. The Morgan fingerprint density at radius 3 is 1.13 bits per heavy atom. The van der Waals surface area contributed by atoms with Crippen molar-refractivity contribution in [3.8, 4) is 17.2 Å². The second-order valence-corrected chi connectivity index (χ2v) is 12.5. The number of hydrogen-bond donors (Lipinski definition) is 6. The molecule has 0 atom stereocenters. The number of anilines is 3. The molecule has 0 amide bonds. The van der Waals surface area contributed by atoms with Crippen molar-refractivity contribution in [2.24, 2.45) is 0 Å². The first-order valence-corrected chi connectivity index (χ1v) is 17.1.